The molecule has 0 unspecified atom stereocenters. The molecule has 0 aliphatic carbocycles. The Morgan fingerprint density at radius 2 is 2.00 bits per heavy atom. The normalized spacial score (nSPS) is 26.6. The minimum atomic E-state index is 0.295. The molecule has 0 aromatic heterocycles. The second-order valence-corrected chi connectivity index (χ2v) is 7.13. The summed E-state index contributed by atoms with van der Waals surface area (Å²) in [5, 5.41) is 0. The lowest BCUT2D eigenvalue weighted by Crippen LogP contribution is -2.29. The van der Waals surface area contributed by atoms with Gasteiger partial charge in [0.25, 0.3) is 0 Å². The van der Waals surface area contributed by atoms with Crippen molar-refractivity contribution in [2.45, 2.75) is 37.9 Å². The van der Waals surface area contributed by atoms with Crippen LogP contribution in [0.1, 0.15) is 33.1 Å². The van der Waals surface area contributed by atoms with Crippen molar-refractivity contribution in [3.05, 3.63) is 11.8 Å². The molecule has 1 nitrogen and oxygen atoms in total. The Balaban J connectivity index is 2.14. The maximum absolute atomic E-state index is 5.33. The number of allylic oxidation sites excluding steroid dienone is 1. The summed E-state index contributed by atoms with van der Waals surface area (Å²) in [5.74, 6) is 0. The molecule has 2 heterocycles. The van der Waals surface area contributed by atoms with E-state index in [1.54, 1.807) is 0 Å². The van der Waals surface area contributed by atoms with E-state index in [-0.39, 0.29) is 0 Å². The summed E-state index contributed by atoms with van der Waals surface area (Å²) in [6.45, 7) is 7.03. The fourth-order valence-corrected chi connectivity index (χ4v) is 3.94. The van der Waals surface area contributed by atoms with Crippen LogP contribution in [0.25, 0.3) is 0 Å². The zero-order valence-electron chi connectivity index (χ0n) is 8.88. The van der Waals surface area contributed by atoms with Crippen molar-refractivity contribution in [3.63, 3.8) is 0 Å². The van der Waals surface area contributed by atoms with Crippen LogP contribution in [0.2, 0.25) is 0 Å². The molecule has 0 radical (unpaired) electrons. The highest BCUT2D eigenvalue weighted by Crippen LogP contribution is 2.38. The summed E-state index contributed by atoms with van der Waals surface area (Å²) in [6, 6.07) is 0. The Kier molecular flexibility index (Phi) is 2.89. The first-order chi connectivity index (χ1) is 6.57. The van der Waals surface area contributed by atoms with Gasteiger partial charge >= 0.3 is 0 Å². The molecule has 0 atom stereocenters. The highest BCUT2D eigenvalue weighted by Gasteiger charge is 2.29. The molecule has 14 heavy (non-hydrogen) atoms. The van der Waals surface area contributed by atoms with E-state index in [2.05, 4.69) is 24.8 Å². The van der Waals surface area contributed by atoms with Crippen LogP contribution >= 0.6 is 24.0 Å². The molecular weight excluding hydrogens is 210 g/mol. The minimum Gasteiger partial charge on any atom is -0.375 e. The maximum Gasteiger partial charge on any atom is 0.0728 e. The molecule has 2 aliphatic rings. The van der Waals surface area contributed by atoms with Crippen molar-refractivity contribution in [2.24, 2.45) is 0 Å². The molecule has 2 aliphatic heterocycles. The molecule has 1 fully saturated rings. The summed E-state index contributed by atoms with van der Waals surface area (Å²) < 4.78 is 1.35. The fourth-order valence-electron chi connectivity index (χ4n) is 2.17. The van der Waals surface area contributed by atoms with Gasteiger partial charge in [-0.15, -0.1) is 11.8 Å². The SMILES string of the molecule is CC1(C)CC(N2CCCC2)=CC(=S)S1. The van der Waals surface area contributed by atoms with E-state index in [0.717, 1.165) is 10.6 Å². The molecule has 0 bridgehead atoms. The largest absolute Gasteiger partial charge is 0.375 e. The number of rotatable bonds is 1. The van der Waals surface area contributed by atoms with E-state index in [1.165, 1.54) is 31.6 Å². The summed E-state index contributed by atoms with van der Waals surface area (Å²) in [4.78, 5) is 2.51. The molecular formula is C11H17NS2. The number of likely N-dealkylation sites (tertiary alicyclic amines) is 1. The zero-order valence-corrected chi connectivity index (χ0v) is 10.5. The van der Waals surface area contributed by atoms with Gasteiger partial charge in [-0.2, -0.15) is 0 Å². The number of thioether (sulfide) groups is 1. The lowest BCUT2D eigenvalue weighted by atomic mass is 10.1. The Morgan fingerprint density at radius 1 is 1.36 bits per heavy atom. The molecule has 0 saturated carbocycles. The molecule has 3 heteroatoms. The van der Waals surface area contributed by atoms with Crippen LogP contribution in [-0.4, -0.2) is 26.9 Å². The highest BCUT2D eigenvalue weighted by atomic mass is 32.2. The van der Waals surface area contributed by atoms with Crippen molar-refractivity contribution in [3.8, 4) is 0 Å². The van der Waals surface area contributed by atoms with E-state index in [0.29, 0.717) is 4.75 Å². The number of thiocarbonyl (C=S) groups is 1. The van der Waals surface area contributed by atoms with Gasteiger partial charge in [0.05, 0.1) is 4.20 Å². The van der Waals surface area contributed by atoms with Gasteiger partial charge < -0.3 is 4.90 Å². The van der Waals surface area contributed by atoms with Gasteiger partial charge in [0.15, 0.2) is 0 Å². The molecule has 0 N–H and O–H groups in total. The maximum atomic E-state index is 5.33. The van der Waals surface area contributed by atoms with E-state index in [4.69, 9.17) is 12.2 Å². The summed E-state index contributed by atoms with van der Waals surface area (Å²) in [7, 11) is 0. The molecule has 0 amide bonds. The lowest BCUT2D eigenvalue weighted by Gasteiger charge is -2.34. The van der Waals surface area contributed by atoms with Crippen molar-refractivity contribution < 1.29 is 0 Å². The van der Waals surface area contributed by atoms with Crippen LogP contribution in [0.3, 0.4) is 0 Å². The second kappa shape index (κ2) is 3.86. The Bertz CT molecular complexity index is 275. The second-order valence-electron chi connectivity index (χ2n) is 4.69. The Morgan fingerprint density at radius 3 is 2.57 bits per heavy atom. The minimum absolute atomic E-state index is 0.295. The predicted octanol–water partition coefficient (Wildman–Crippen LogP) is 3.21. The van der Waals surface area contributed by atoms with Gasteiger partial charge in [0, 0.05) is 30.0 Å². The highest BCUT2D eigenvalue weighted by molar-refractivity contribution is 8.24. The van der Waals surface area contributed by atoms with E-state index >= 15 is 0 Å². The third-order valence-electron chi connectivity index (χ3n) is 2.78. The smallest absolute Gasteiger partial charge is 0.0728 e. The van der Waals surface area contributed by atoms with Crippen LogP contribution in [0.4, 0.5) is 0 Å². The summed E-state index contributed by atoms with van der Waals surface area (Å²) >= 11 is 7.16. The first-order valence-electron chi connectivity index (χ1n) is 5.25. The van der Waals surface area contributed by atoms with Crippen molar-refractivity contribution in [2.75, 3.05) is 13.1 Å². The third kappa shape index (κ3) is 2.31. The first kappa shape index (κ1) is 10.5. The Labute approximate surface area is 95.9 Å². The quantitative estimate of drug-likeness (QED) is 0.633. The van der Waals surface area contributed by atoms with Crippen molar-refractivity contribution >= 4 is 28.2 Å². The summed E-state index contributed by atoms with van der Waals surface area (Å²) in [5.41, 5.74) is 1.47. The van der Waals surface area contributed by atoms with Crippen LogP contribution in [0, 0.1) is 0 Å². The molecule has 1 saturated heterocycles. The molecule has 0 aromatic rings. The standard InChI is InChI=1S/C11H17NS2/c1-11(2)8-9(7-10(13)14-11)12-5-3-4-6-12/h7H,3-6,8H2,1-2H3. The van der Waals surface area contributed by atoms with Gasteiger partial charge in [-0.25, -0.2) is 0 Å². The van der Waals surface area contributed by atoms with E-state index in [9.17, 15) is 0 Å². The Hall–Kier alpha value is -0.0200. The van der Waals surface area contributed by atoms with Gasteiger partial charge in [-0.05, 0) is 32.8 Å². The number of hydrogen-bond acceptors (Lipinski definition) is 3. The van der Waals surface area contributed by atoms with Gasteiger partial charge in [0.1, 0.15) is 0 Å². The van der Waals surface area contributed by atoms with Gasteiger partial charge in [0.2, 0.25) is 0 Å². The molecule has 78 valence electrons. The van der Waals surface area contributed by atoms with Gasteiger partial charge in [-0.1, -0.05) is 12.2 Å². The van der Waals surface area contributed by atoms with Crippen LogP contribution in [0.5, 0.6) is 0 Å². The monoisotopic (exact) mass is 227 g/mol. The summed E-state index contributed by atoms with van der Waals surface area (Å²) in [6.07, 6.45) is 6.06. The molecule has 0 spiro atoms. The van der Waals surface area contributed by atoms with Crippen LogP contribution in [0.15, 0.2) is 11.8 Å². The molecule has 0 aromatic carbocycles. The van der Waals surface area contributed by atoms with E-state index in [1.807, 2.05) is 11.8 Å². The average molecular weight is 227 g/mol. The average Bonchev–Trinajstić information content (AvgIpc) is 2.51. The number of nitrogens with zero attached hydrogens (tertiary/aromatic N) is 1. The van der Waals surface area contributed by atoms with Crippen molar-refractivity contribution in [1.29, 1.82) is 0 Å². The predicted molar refractivity (Wildman–Crippen MR) is 67.8 cm³/mol. The fraction of sp³-hybridized carbons (Fsp3) is 0.727. The first-order valence-corrected chi connectivity index (χ1v) is 6.48. The third-order valence-corrected chi connectivity index (χ3v) is 4.16. The number of hydrogen-bond donors (Lipinski definition) is 0. The zero-order chi connectivity index (χ0) is 10.2. The topological polar surface area (TPSA) is 3.24 Å². The molecule has 2 rings (SSSR count). The van der Waals surface area contributed by atoms with Crippen molar-refractivity contribution in [1.82, 2.24) is 4.90 Å². The lowest BCUT2D eigenvalue weighted by molar-refractivity contribution is 0.396. The van der Waals surface area contributed by atoms with Gasteiger partial charge in [-0.3, -0.25) is 0 Å². The van der Waals surface area contributed by atoms with Crippen LogP contribution < -0.4 is 0 Å². The van der Waals surface area contributed by atoms with E-state index < -0.39 is 0 Å². The van der Waals surface area contributed by atoms with Crippen LogP contribution in [-0.2, 0) is 0 Å².